The van der Waals surface area contributed by atoms with E-state index in [9.17, 15) is 9.59 Å². The van der Waals surface area contributed by atoms with Crippen molar-refractivity contribution in [2.75, 3.05) is 0 Å². The van der Waals surface area contributed by atoms with Gasteiger partial charge >= 0.3 is 0 Å². The number of carbonyl (C=O) groups is 2. The summed E-state index contributed by atoms with van der Waals surface area (Å²) in [6, 6.07) is 15.2. The molecule has 2 aromatic carbocycles. The van der Waals surface area contributed by atoms with Gasteiger partial charge in [0.25, 0.3) is 0 Å². The zero-order valence-electron chi connectivity index (χ0n) is 16.0. The largest absolute Gasteiger partial charge is 0.293 e. The average Bonchev–Trinajstić information content (AvgIpc) is 2.65. The fourth-order valence-electron chi connectivity index (χ4n) is 3.14. The number of hydrogen-bond donors (Lipinski definition) is 0. The summed E-state index contributed by atoms with van der Waals surface area (Å²) >= 11 is 0. The van der Waals surface area contributed by atoms with Crippen LogP contribution in [0.15, 0.2) is 84.5 Å². The fourth-order valence-corrected chi connectivity index (χ4v) is 3.14. The van der Waals surface area contributed by atoms with Crippen molar-refractivity contribution in [2.45, 2.75) is 27.2 Å². The van der Waals surface area contributed by atoms with Crippen LogP contribution in [0, 0.1) is 19.3 Å². The van der Waals surface area contributed by atoms with Crippen LogP contribution in [0.3, 0.4) is 0 Å². The summed E-state index contributed by atoms with van der Waals surface area (Å²) in [6.45, 7) is 5.91. The van der Waals surface area contributed by atoms with Crippen molar-refractivity contribution in [1.82, 2.24) is 0 Å². The number of allylic oxidation sites excluding steroid dienone is 6. The Balaban J connectivity index is 1.84. The number of hydrogen-bond acceptors (Lipinski definition) is 2. The highest BCUT2D eigenvalue weighted by molar-refractivity contribution is 6.09. The van der Waals surface area contributed by atoms with E-state index in [2.05, 4.69) is 0 Å². The van der Waals surface area contributed by atoms with E-state index in [0.717, 1.165) is 16.7 Å². The Bertz CT molecular complexity index is 941. The second kappa shape index (κ2) is 7.71. The van der Waals surface area contributed by atoms with Crippen LogP contribution in [0.2, 0.25) is 0 Å². The number of aryl methyl sites for hydroxylation is 2. The van der Waals surface area contributed by atoms with E-state index in [1.54, 1.807) is 0 Å². The minimum absolute atomic E-state index is 0.0257. The first-order chi connectivity index (χ1) is 12.9. The number of rotatable bonds is 4. The molecule has 1 unspecified atom stereocenters. The van der Waals surface area contributed by atoms with Crippen molar-refractivity contribution in [3.63, 3.8) is 0 Å². The van der Waals surface area contributed by atoms with E-state index in [4.69, 9.17) is 0 Å². The van der Waals surface area contributed by atoms with Gasteiger partial charge in [0, 0.05) is 16.7 Å². The van der Waals surface area contributed by atoms with Crippen LogP contribution >= 0.6 is 0 Å². The van der Waals surface area contributed by atoms with Gasteiger partial charge in [0.1, 0.15) is 0 Å². The van der Waals surface area contributed by atoms with Crippen molar-refractivity contribution in [1.29, 1.82) is 0 Å². The van der Waals surface area contributed by atoms with Crippen LogP contribution in [0.5, 0.6) is 0 Å². The lowest BCUT2D eigenvalue weighted by atomic mass is 9.80. The van der Waals surface area contributed by atoms with Crippen LogP contribution in [0.25, 0.3) is 0 Å². The van der Waals surface area contributed by atoms with Gasteiger partial charge in [0.15, 0.2) is 11.6 Å². The van der Waals surface area contributed by atoms with Crippen LogP contribution in [-0.2, 0) is 0 Å². The van der Waals surface area contributed by atoms with Gasteiger partial charge in [-0.25, -0.2) is 0 Å². The molecule has 0 bridgehead atoms. The van der Waals surface area contributed by atoms with Gasteiger partial charge < -0.3 is 0 Å². The first-order valence-electron chi connectivity index (χ1n) is 9.18. The van der Waals surface area contributed by atoms with Crippen molar-refractivity contribution in [3.8, 4) is 0 Å². The van der Waals surface area contributed by atoms with Gasteiger partial charge in [-0.1, -0.05) is 90.0 Å². The normalized spacial score (nSPS) is 23.4. The molecule has 3 rings (SSSR count). The standard InChI is InChI=1S/C25H24O2/c1-18-8-12-21(13-9-18)23(26)20-6-4-16-25(3,17-5-7-20)24(27)22-14-10-19(2)11-15-22/h4-6,8-17H,7H2,1-3H3/b16-4-,17-5-,20-6+. The topological polar surface area (TPSA) is 34.1 Å². The summed E-state index contributed by atoms with van der Waals surface area (Å²) in [4.78, 5) is 25.7. The van der Waals surface area contributed by atoms with Gasteiger partial charge in [0.05, 0.1) is 5.41 Å². The Hall–Kier alpha value is -3.00. The molecule has 0 fully saturated rings. The van der Waals surface area contributed by atoms with Crippen LogP contribution in [-0.4, -0.2) is 11.6 Å². The quantitative estimate of drug-likeness (QED) is 0.511. The van der Waals surface area contributed by atoms with E-state index >= 15 is 0 Å². The minimum atomic E-state index is -0.718. The predicted molar refractivity (Wildman–Crippen MR) is 110 cm³/mol. The Kier molecular flexibility index (Phi) is 5.36. The highest BCUT2D eigenvalue weighted by Crippen LogP contribution is 2.29. The van der Waals surface area contributed by atoms with E-state index in [0.29, 0.717) is 17.5 Å². The number of benzene rings is 2. The molecular weight excluding hydrogens is 332 g/mol. The second-order valence-electron chi connectivity index (χ2n) is 7.33. The average molecular weight is 356 g/mol. The summed E-state index contributed by atoms with van der Waals surface area (Å²) in [5.74, 6) is 0.0782. The SMILES string of the molecule is Cc1ccc(C(=O)/C2=C/C=C\C(C)(C(=O)c3ccc(C)cc3)/C=C\C2)cc1. The molecule has 0 N–H and O–H groups in total. The van der Waals surface area contributed by atoms with E-state index < -0.39 is 5.41 Å². The molecule has 0 aromatic heterocycles. The molecule has 1 aliphatic carbocycles. The Labute approximate surface area is 160 Å². The van der Waals surface area contributed by atoms with Gasteiger partial charge in [-0.2, -0.15) is 0 Å². The van der Waals surface area contributed by atoms with E-state index in [1.807, 2.05) is 99.7 Å². The molecule has 1 aliphatic rings. The Morgan fingerprint density at radius 1 is 0.815 bits per heavy atom. The van der Waals surface area contributed by atoms with Gasteiger partial charge in [-0.3, -0.25) is 9.59 Å². The smallest absolute Gasteiger partial charge is 0.189 e. The van der Waals surface area contributed by atoms with Gasteiger partial charge in [0.2, 0.25) is 0 Å². The molecule has 0 amide bonds. The van der Waals surface area contributed by atoms with Crippen molar-refractivity contribution >= 4 is 11.6 Å². The van der Waals surface area contributed by atoms with Crippen LogP contribution in [0.1, 0.15) is 45.2 Å². The van der Waals surface area contributed by atoms with Crippen LogP contribution in [0.4, 0.5) is 0 Å². The molecule has 0 heterocycles. The van der Waals surface area contributed by atoms with Crippen molar-refractivity contribution < 1.29 is 9.59 Å². The third-order valence-electron chi connectivity index (χ3n) is 4.95. The van der Waals surface area contributed by atoms with Crippen LogP contribution < -0.4 is 0 Å². The predicted octanol–water partition coefficient (Wildman–Crippen LogP) is 5.82. The molecular formula is C25H24O2. The molecule has 136 valence electrons. The second-order valence-corrected chi connectivity index (χ2v) is 7.33. The summed E-state index contributed by atoms with van der Waals surface area (Å²) < 4.78 is 0. The molecule has 2 aromatic rings. The summed E-state index contributed by atoms with van der Waals surface area (Å²) in [7, 11) is 0. The molecule has 0 spiro atoms. The molecule has 0 saturated heterocycles. The van der Waals surface area contributed by atoms with Crippen molar-refractivity contribution in [2.24, 2.45) is 5.41 Å². The van der Waals surface area contributed by atoms with Crippen molar-refractivity contribution in [3.05, 3.63) is 107 Å². The first kappa shape index (κ1) is 18.8. The molecule has 1 atom stereocenters. The minimum Gasteiger partial charge on any atom is -0.293 e. The third-order valence-corrected chi connectivity index (χ3v) is 4.95. The lowest BCUT2D eigenvalue weighted by Crippen LogP contribution is -2.24. The van der Waals surface area contributed by atoms with Gasteiger partial charge in [-0.05, 0) is 27.2 Å². The maximum absolute atomic E-state index is 13.0. The lowest BCUT2D eigenvalue weighted by Gasteiger charge is -2.22. The molecule has 2 heteroatoms. The maximum Gasteiger partial charge on any atom is 0.189 e. The van der Waals surface area contributed by atoms with Gasteiger partial charge in [-0.15, -0.1) is 0 Å². The first-order valence-corrected chi connectivity index (χ1v) is 9.18. The zero-order valence-corrected chi connectivity index (χ0v) is 16.0. The summed E-state index contributed by atoms with van der Waals surface area (Å²) in [5.41, 5.74) is 3.64. The molecule has 0 aliphatic heterocycles. The Morgan fingerprint density at radius 2 is 1.37 bits per heavy atom. The molecule has 0 saturated carbocycles. The summed E-state index contributed by atoms with van der Waals surface area (Å²) in [6.07, 6.45) is 9.86. The highest BCUT2D eigenvalue weighted by atomic mass is 16.1. The molecule has 27 heavy (non-hydrogen) atoms. The monoisotopic (exact) mass is 356 g/mol. The molecule has 0 radical (unpaired) electrons. The lowest BCUT2D eigenvalue weighted by molar-refractivity contribution is 0.0907. The number of Topliss-reactive ketones (excluding diaryl/α,β-unsaturated/α-hetero) is 2. The summed E-state index contributed by atoms with van der Waals surface area (Å²) in [5, 5.41) is 0. The number of ketones is 2. The number of carbonyl (C=O) groups excluding carboxylic acids is 2. The fraction of sp³-hybridized carbons (Fsp3) is 0.200. The maximum atomic E-state index is 13.0. The van der Waals surface area contributed by atoms with E-state index in [-0.39, 0.29) is 11.6 Å². The zero-order chi connectivity index (χ0) is 19.4. The highest BCUT2D eigenvalue weighted by Gasteiger charge is 2.29. The molecule has 2 nitrogen and oxygen atoms in total. The Morgan fingerprint density at radius 3 is 1.96 bits per heavy atom. The van der Waals surface area contributed by atoms with E-state index in [1.165, 1.54) is 0 Å². The third kappa shape index (κ3) is 4.22.